The third-order valence-electron chi connectivity index (χ3n) is 5.74. The molecule has 16 heteroatoms. The van der Waals surface area contributed by atoms with Crippen molar-refractivity contribution in [2.24, 2.45) is 0 Å². The number of fused-ring (bicyclic) bond motifs is 2. The topological polar surface area (TPSA) is 0 Å². The van der Waals surface area contributed by atoms with Gasteiger partial charge in [-0.15, -0.1) is 0 Å². The van der Waals surface area contributed by atoms with Crippen LogP contribution in [0.2, 0.25) is 0 Å². The molecule has 0 fully saturated rings. The van der Waals surface area contributed by atoms with Crippen LogP contribution in [0.25, 0.3) is 39.3 Å². The van der Waals surface area contributed by atoms with Crippen LogP contribution in [0.15, 0.2) is 24.3 Å². The number of halogens is 14. The molecule has 210 valence electrons. The van der Waals surface area contributed by atoms with E-state index < -0.39 is 110 Å². The molecular formula is C24H4F14Se2. The van der Waals surface area contributed by atoms with Gasteiger partial charge in [0.05, 0.1) is 0 Å². The molecule has 40 heavy (non-hydrogen) atoms. The monoisotopic (exact) mass is 718 g/mol. The van der Waals surface area contributed by atoms with E-state index in [9.17, 15) is 61.5 Å². The van der Waals surface area contributed by atoms with Gasteiger partial charge in [0.2, 0.25) is 0 Å². The summed E-state index contributed by atoms with van der Waals surface area (Å²) in [6.45, 7) is 0. The first kappa shape index (κ1) is 28.7. The number of hydrogen-bond acceptors (Lipinski definition) is 0. The van der Waals surface area contributed by atoms with Crippen molar-refractivity contribution in [1.29, 1.82) is 0 Å². The first-order chi connectivity index (χ1) is 18.4. The molecule has 5 aromatic rings. The maximum absolute atomic E-state index is 14.5. The Morgan fingerprint density at radius 2 is 0.675 bits per heavy atom. The average molecular weight is 716 g/mol. The van der Waals surface area contributed by atoms with Crippen LogP contribution in [-0.4, -0.2) is 29.0 Å². The van der Waals surface area contributed by atoms with Crippen molar-refractivity contribution >= 4 is 48.3 Å². The quantitative estimate of drug-likeness (QED) is 0.0977. The number of benzene rings is 3. The van der Waals surface area contributed by atoms with Crippen LogP contribution in [0.3, 0.4) is 0 Å². The molecule has 0 atom stereocenters. The molecule has 0 spiro atoms. The van der Waals surface area contributed by atoms with Crippen molar-refractivity contribution in [2.45, 2.75) is 12.4 Å². The second-order valence-corrected chi connectivity index (χ2v) is 12.7. The van der Waals surface area contributed by atoms with Gasteiger partial charge in [-0.25, -0.2) is 0 Å². The fourth-order valence-corrected chi connectivity index (χ4v) is 8.74. The summed E-state index contributed by atoms with van der Waals surface area (Å²) in [6, 6.07) is 4.69. The molecule has 2 heterocycles. The van der Waals surface area contributed by atoms with Crippen molar-refractivity contribution in [3.05, 3.63) is 81.9 Å². The van der Waals surface area contributed by atoms with E-state index in [1.54, 1.807) is 0 Å². The SMILES string of the molecule is Fc1c(F)c(C(F)(F)F)c(F)c(F)c1-c1cc2cc3[se]c(-c4c(F)c(F)c(C(F)(F)F)c(F)c4F)cc3cc2[se]1. The zero-order valence-electron chi connectivity index (χ0n) is 18.4. The molecule has 0 saturated heterocycles. The fourth-order valence-electron chi connectivity index (χ4n) is 4.01. The molecule has 0 aliphatic carbocycles. The molecule has 0 nitrogen and oxygen atoms in total. The minimum atomic E-state index is -5.72. The van der Waals surface area contributed by atoms with Crippen molar-refractivity contribution in [2.75, 3.05) is 0 Å². The van der Waals surface area contributed by atoms with Gasteiger partial charge in [0.15, 0.2) is 0 Å². The van der Waals surface area contributed by atoms with E-state index in [0.29, 0.717) is 0 Å². The molecule has 0 aliphatic heterocycles. The van der Waals surface area contributed by atoms with Crippen LogP contribution in [0.1, 0.15) is 11.1 Å². The van der Waals surface area contributed by atoms with Gasteiger partial charge in [0.1, 0.15) is 0 Å². The van der Waals surface area contributed by atoms with Crippen LogP contribution < -0.4 is 0 Å². The summed E-state index contributed by atoms with van der Waals surface area (Å²) >= 11 is -2.31. The van der Waals surface area contributed by atoms with Crippen molar-refractivity contribution in [1.82, 2.24) is 0 Å². The molecule has 0 radical (unpaired) electrons. The third-order valence-corrected chi connectivity index (χ3v) is 10.4. The number of rotatable bonds is 2. The Balaban J connectivity index is 1.66. The van der Waals surface area contributed by atoms with Crippen LogP contribution >= 0.6 is 0 Å². The fraction of sp³-hybridized carbons (Fsp3) is 0.0833. The standard InChI is InChI=1S/C24H4F14Se2/c25-15-11(16(26)20(30)13(19(15)29)23(33,34)35)9-3-5-1-7-6(2-8(5)40-9)4-10(39-7)12-17(27)21(31)14(24(36,37)38)22(32)18(12)28/h1-4H. The Morgan fingerprint density at radius 3 is 0.925 bits per heavy atom. The third kappa shape index (κ3) is 4.36. The second-order valence-electron chi connectivity index (χ2n) is 8.16. The molecular weight excluding hydrogens is 712 g/mol. The molecule has 5 rings (SSSR count). The van der Waals surface area contributed by atoms with Crippen LogP contribution in [-0.2, 0) is 12.4 Å². The van der Waals surface area contributed by atoms with Gasteiger partial charge in [0, 0.05) is 0 Å². The molecule has 3 aromatic carbocycles. The van der Waals surface area contributed by atoms with Crippen LogP contribution in [0.4, 0.5) is 61.5 Å². The molecule has 0 amide bonds. The molecule has 0 saturated carbocycles. The van der Waals surface area contributed by atoms with Gasteiger partial charge in [-0.3, -0.25) is 0 Å². The summed E-state index contributed by atoms with van der Waals surface area (Å²) < 4.78 is 191. The Kier molecular flexibility index (Phi) is 6.72. The molecule has 0 aliphatic rings. The van der Waals surface area contributed by atoms with Gasteiger partial charge in [-0.1, -0.05) is 0 Å². The van der Waals surface area contributed by atoms with Crippen LogP contribution in [0.5, 0.6) is 0 Å². The first-order valence-corrected chi connectivity index (χ1v) is 13.7. The van der Waals surface area contributed by atoms with Gasteiger partial charge < -0.3 is 0 Å². The summed E-state index contributed by atoms with van der Waals surface area (Å²) in [5.41, 5.74) is -8.16. The van der Waals surface area contributed by atoms with Crippen molar-refractivity contribution < 1.29 is 61.5 Å². The Labute approximate surface area is 223 Å². The van der Waals surface area contributed by atoms with Gasteiger partial charge >= 0.3 is 224 Å². The van der Waals surface area contributed by atoms with E-state index in [1.807, 2.05) is 0 Å². The molecule has 0 N–H and O–H groups in total. The first-order valence-electron chi connectivity index (χ1n) is 10.3. The predicted octanol–water partition coefficient (Wildman–Crippen LogP) is 8.59. The van der Waals surface area contributed by atoms with Crippen molar-refractivity contribution in [3.63, 3.8) is 0 Å². The number of hydrogen-bond donors (Lipinski definition) is 0. The molecule has 0 bridgehead atoms. The van der Waals surface area contributed by atoms with E-state index in [4.69, 9.17) is 0 Å². The Bertz CT molecular complexity index is 1620. The maximum atomic E-state index is 14.5. The van der Waals surface area contributed by atoms with E-state index in [0.717, 1.165) is 12.1 Å². The van der Waals surface area contributed by atoms with Gasteiger partial charge in [-0.2, -0.15) is 0 Å². The van der Waals surface area contributed by atoms with E-state index >= 15 is 0 Å². The Hall–Kier alpha value is -2.80. The zero-order valence-corrected chi connectivity index (χ0v) is 21.8. The van der Waals surface area contributed by atoms with E-state index in [-0.39, 0.29) is 28.2 Å². The summed E-state index contributed by atoms with van der Waals surface area (Å²) in [6.07, 6.45) is -11.4. The summed E-state index contributed by atoms with van der Waals surface area (Å²) in [5, 5.41) is 0.353. The Morgan fingerprint density at radius 1 is 0.400 bits per heavy atom. The summed E-state index contributed by atoms with van der Waals surface area (Å²) in [4.78, 5) is 0. The minimum absolute atomic E-state index is 0.176. The average Bonchev–Trinajstić information content (AvgIpc) is 3.41. The summed E-state index contributed by atoms with van der Waals surface area (Å²) in [5.74, 6) is -19.6. The second kappa shape index (κ2) is 9.37. The predicted molar refractivity (Wildman–Crippen MR) is 116 cm³/mol. The van der Waals surface area contributed by atoms with Crippen molar-refractivity contribution in [3.8, 4) is 20.0 Å². The molecule has 2 aromatic heterocycles. The van der Waals surface area contributed by atoms with E-state index in [2.05, 4.69) is 0 Å². The summed E-state index contributed by atoms with van der Waals surface area (Å²) in [7, 11) is 0. The zero-order chi connectivity index (χ0) is 29.6. The number of alkyl halides is 6. The van der Waals surface area contributed by atoms with Gasteiger partial charge in [-0.05, 0) is 0 Å². The van der Waals surface area contributed by atoms with Gasteiger partial charge in [0.25, 0.3) is 0 Å². The normalized spacial score (nSPS) is 12.8. The molecule has 0 unspecified atom stereocenters. The van der Waals surface area contributed by atoms with E-state index in [1.165, 1.54) is 12.1 Å². The van der Waals surface area contributed by atoms with Crippen LogP contribution in [0, 0.1) is 46.5 Å².